The third-order valence-electron chi connectivity index (χ3n) is 4.42. The van der Waals surface area contributed by atoms with Crippen molar-refractivity contribution in [3.63, 3.8) is 0 Å². The number of hydrogen-bond acceptors (Lipinski definition) is 3. The van der Waals surface area contributed by atoms with Gasteiger partial charge in [0.05, 0.1) is 0 Å². The summed E-state index contributed by atoms with van der Waals surface area (Å²) in [5.74, 6) is 5.89. The summed E-state index contributed by atoms with van der Waals surface area (Å²) in [6, 6.07) is 8.30. The summed E-state index contributed by atoms with van der Waals surface area (Å²) in [5, 5.41) is 0. The first kappa shape index (κ1) is 15.0. The lowest BCUT2D eigenvalue weighted by Gasteiger charge is -2.33. The molecule has 0 spiro atoms. The maximum absolute atomic E-state index is 11.8. The molecule has 1 fully saturated rings. The van der Waals surface area contributed by atoms with Crippen molar-refractivity contribution in [1.29, 1.82) is 0 Å². The quantitative estimate of drug-likeness (QED) is 0.503. The predicted molar refractivity (Wildman–Crippen MR) is 81.0 cm³/mol. The minimum atomic E-state index is -0.216. The first-order valence-electron chi connectivity index (χ1n) is 7.41. The van der Waals surface area contributed by atoms with Crippen molar-refractivity contribution >= 4 is 5.91 Å². The van der Waals surface area contributed by atoms with E-state index in [-0.39, 0.29) is 5.91 Å². The van der Waals surface area contributed by atoms with Gasteiger partial charge < -0.3 is 0 Å². The van der Waals surface area contributed by atoms with E-state index in [9.17, 15) is 4.79 Å². The fourth-order valence-electron chi connectivity index (χ4n) is 3.04. The molecular formula is C16H25N3O. The van der Waals surface area contributed by atoms with Gasteiger partial charge in [0.2, 0.25) is 0 Å². The fourth-order valence-corrected chi connectivity index (χ4v) is 3.04. The molecule has 0 saturated heterocycles. The summed E-state index contributed by atoms with van der Waals surface area (Å²) in [7, 11) is 2.15. The summed E-state index contributed by atoms with van der Waals surface area (Å²) in [4.78, 5) is 14.1. The van der Waals surface area contributed by atoms with Crippen LogP contribution < -0.4 is 11.3 Å². The molecule has 4 heteroatoms. The molecule has 1 aliphatic rings. The van der Waals surface area contributed by atoms with Crippen molar-refractivity contribution < 1.29 is 4.79 Å². The van der Waals surface area contributed by atoms with Crippen LogP contribution in [0, 0.1) is 5.92 Å². The zero-order valence-corrected chi connectivity index (χ0v) is 12.4. The van der Waals surface area contributed by atoms with Gasteiger partial charge >= 0.3 is 0 Å². The van der Waals surface area contributed by atoms with Crippen LogP contribution in [0.25, 0.3) is 0 Å². The maximum atomic E-state index is 11.8. The van der Waals surface area contributed by atoms with Gasteiger partial charge in [0.25, 0.3) is 5.91 Å². The van der Waals surface area contributed by atoms with Crippen molar-refractivity contribution in [2.75, 3.05) is 7.05 Å². The molecule has 1 saturated carbocycles. The van der Waals surface area contributed by atoms with E-state index in [2.05, 4.69) is 24.3 Å². The second kappa shape index (κ2) is 6.86. The lowest BCUT2D eigenvalue weighted by Crippen LogP contribution is -2.36. The zero-order valence-electron chi connectivity index (χ0n) is 12.4. The van der Waals surface area contributed by atoms with Crippen molar-refractivity contribution in [3.8, 4) is 0 Å². The molecule has 0 heterocycles. The van der Waals surface area contributed by atoms with Gasteiger partial charge in [-0.15, -0.1) is 0 Å². The second-order valence-corrected chi connectivity index (χ2v) is 5.96. The summed E-state index contributed by atoms with van der Waals surface area (Å²) in [5.41, 5.74) is 3.93. The van der Waals surface area contributed by atoms with Crippen molar-refractivity contribution in [3.05, 3.63) is 35.4 Å². The number of hydrazine groups is 1. The molecule has 3 N–H and O–H groups in total. The molecule has 1 amide bonds. The number of rotatable bonds is 4. The first-order valence-corrected chi connectivity index (χ1v) is 7.41. The Morgan fingerprint density at radius 1 is 1.30 bits per heavy atom. The molecule has 1 aromatic carbocycles. The maximum Gasteiger partial charge on any atom is 0.265 e. The number of carbonyl (C=O) groups is 1. The minimum Gasteiger partial charge on any atom is -0.299 e. The highest BCUT2D eigenvalue weighted by Gasteiger charge is 2.22. The van der Waals surface area contributed by atoms with Crippen LogP contribution in [0.4, 0.5) is 0 Å². The average Bonchev–Trinajstić information content (AvgIpc) is 2.47. The zero-order chi connectivity index (χ0) is 14.5. The Kier molecular flexibility index (Phi) is 5.15. The molecule has 0 aliphatic heterocycles. The molecule has 20 heavy (non-hydrogen) atoms. The minimum absolute atomic E-state index is 0.216. The molecule has 0 unspecified atom stereocenters. The number of nitrogens with zero attached hydrogens (tertiary/aromatic N) is 1. The Morgan fingerprint density at radius 3 is 2.60 bits per heavy atom. The Labute approximate surface area is 121 Å². The molecule has 1 aromatic rings. The van der Waals surface area contributed by atoms with Gasteiger partial charge in [0.15, 0.2) is 0 Å². The van der Waals surface area contributed by atoms with E-state index in [1.165, 1.54) is 25.7 Å². The van der Waals surface area contributed by atoms with Crippen LogP contribution in [0.15, 0.2) is 24.3 Å². The van der Waals surface area contributed by atoms with Gasteiger partial charge in [0.1, 0.15) is 0 Å². The van der Waals surface area contributed by atoms with E-state index in [0.29, 0.717) is 11.6 Å². The highest BCUT2D eigenvalue weighted by Crippen LogP contribution is 2.27. The highest BCUT2D eigenvalue weighted by molar-refractivity contribution is 5.95. The van der Waals surface area contributed by atoms with Crippen LogP contribution in [0.5, 0.6) is 0 Å². The third kappa shape index (κ3) is 3.58. The van der Waals surface area contributed by atoms with E-state index in [1.807, 2.05) is 24.3 Å². The Hall–Kier alpha value is -1.39. The number of carbonyl (C=O) groups excluding carboxylic acids is 1. The molecular weight excluding hydrogens is 250 g/mol. The SMILES string of the molecule is CC1CCC(N(C)Cc2ccccc2C(=O)NN)CC1. The summed E-state index contributed by atoms with van der Waals surface area (Å²) >= 11 is 0. The van der Waals surface area contributed by atoms with Crippen LogP contribution in [-0.4, -0.2) is 23.9 Å². The fraction of sp³-hybridized carbons (Fsp3) is 0.562. The largest absolute Gasteiger partial charge is 0.299 e. The van der Waals surface area contributed by atoms with E-state index in [4.69, 9.17) is 5.84 Å². The Balaban J connectivity index is 2.04. The van der Waals surface area contributed by atoms with Crippen LogP contribution >= 0.6 is 0 Å². The van der Waals surface area contributed by atoms with Gasteiger partial charge in [-0.05, 0) is 50.3 Å². The number of nitrogen functional groups attached to an aromatic ring is 1. The number of nitrogens with one attached hydrogen (secondary N) is 1. The third-order valence-corrected chi connectivity index (χ3v) is 4.42. The van der Waals surface area contributed by atoms with Gasteiger partial charge in [-0.3, -0.25) is 15.1 Å². The number of amides is 1. The normalized spacial score (nSPS) is 22.8. The topological polar surface area (TPSA) is 58.4 Å². The Morgan fingerprint density at radius 2 is 1.95 bits per heavy atom. The number of nitrogens with two attached hydrogens (primary N) is 1. The van der Waals surface area contributed by atoms with Gasteiger partial charge in [0, 0.05) is 18.2 Å². The van der Waals surface area contributed by atoms with Crippen LogP contribution in [0.1, 0.15) is 48.5 Å². The molecule has 0 bridgehead atoms. The monoisotopic (exact) mass is 275 g/mol. The lowest BCUT2D eigenvalue weighted by molar-refractivity contribution is 0.0950. The summed E-state index contributed by atoms with van der Waals surface area (Å²) < 4.78 is 0. The first-order chi connectivity index (χ1) is 9.61. The van der Waals surface area contributed by atoms with Crippen LogP contribution in [0.3, 0.4) is 0 Å². The standard InChI is InChI=1S/C16H25N3O/c1-12-7-9-14(10-8-12)19(2)11-13-5-3-4-6-15(13)16(20)18-17/h3-6,12,14H,7-11,17H2,1-2H3,(H,18,20). The number of benzene rings is 1. The van der Waals surface area contributed by atoms with Gasteiger partial charge in [-0.2, -0.15) is 0 Å². The lowest BCUT2D eigenvalue weighted by atomic mass is 9.86. The average molecular weight is 275 g/mol. The van der Waals surface area contributed by atoms with Gasteiger partial charge in [-0.1, -0.05) is 25.1 Å². The summed E-state index contributed by atoms with van der Waals surface area (Å²) in [6.45, 7) is 3.12. The van der Waals surface area contributed by atoms with E-state index >= 15 is 0 Å². The number of hydrogen-bond donors (Lipinski definition) is 2. The van der Waals surface area contributed by atoms with Crippen molar-refractivity contribution in [2.24, 2.45) is 11.8 Å². The van der Waals surface area contributed by atoms with Crippen molar-refractivity contribution in [2.45, 2.75) is 45.2 Å². The highest BCUT2D eigenvalue weighted by atomic mass is 16.2. The molecule has 110 valence electrons. The van der Waals surface area contributed by atoms with E-state index in [0.717, 1.165) is 18.0 Å². The predicted octanol–water partition coefficient (Wildman–Crippen LogP) is 2.30. The second-order valence-electron chi connectivity index (χ2n) is 5.96. The summed E-state index contributed by atoms with van der Waals surface area (Å²) in [6.07, 6.45) is 5.12. The van der Waals surface area contributed by atoms with Crippen LogP contribution in [0.2, 0.25) is 0 Å². The molecule has 0 radical (unpaired) electrons. The van der Waals surface area contributed by atoms with Crippen molar-refractivity contribution in [1.82, 2.24) is 10.3 Å². The van der Waals surface area contributed by atoms with Gasteiger partial charge in [-0.25, -0.2) is 5.84 Å². The molecule has 4 nitrogen and oxygen atoms in total. The molecule has 0 aromatic heterocycles. The smallest absolute Gasteiger partial charge is 0.265 e. The van der Waals surface area contributed by atoms with Crippen LogP contribution in [-0.2, 0) is 6.54 Å². The van der Waals surface area contributed by atoms with E-state index < -0.39 is 0 Å². The molecule has 0 atom stereocenters. The molecule has 2 rings (SSSR count). The Bertz CT molecular complexity index is 453. The van der Waals surface area contributed by atoms with E-state index in [1.54, 1.807) is 0 Å². The molecule has 1 aliphatic carbocycles.